The van der Waals surface area contributed by atoms with Gasteiger partial charge in [0.05, 0.1) is 13.5 Å². The van der Waals surface area contributed by atoms with Crippen molar-refractivity contribution >= 4 is 5.97 Å². The van der Waals surface area contributed by atoms with Crippen LogP contribution < -0.4 is 0 Å². The van der Waals surface area contributed by atoms with Crippen molar-refractivity contribution in [3.63, 3.8) is 0 Å². The highest BCUT2D eigenvalue weighted by Gasteiger charge is 2.29. The van der Waals surface area contributed by atoms with E-state index in [1.807, 2.05) is 11.9 Å². The van der Waals surface area contributed by atoms with Crippen LogP contribution in [0, 0.1) is 5.92 Å². The van der Waals surface area contributed by atoms with Crippen LogP contribution in [0.2, 0.25) is 0 Å². The number of carbonyl (C=O) groups excluding carboxylic acids is 1. The summed E-state index contributed by atoms with van der Waals surface area (Å²) in [5.41, 5.74) is 0. The van der Waals surface area contributed by atoms with Crippen LogP contribution >= 0.6 is 0 Å². The number of piperidine rings is 1. The molecule has 0 amide bonds. The number of nitrogens with zero attached hydrogens (tertiary/aromatic N) is 1. The summed E-state index contributed by atoms with van der Waals surface area (Å²) in [6.07, 6.45) is 0.0657. The molecule has 1 aliphatic rings. The molecule has 0 aromatic heterocycles. The third-order valence-electron chi connectivity index (χ3n) is 2.54. The summed E-state index contributed by atoms with van der Waals surface area (Å²) in [5, 5.41) is 0. The van der Waals surface area contributed by atoms with E-state index in [0.717, 1.165) is 13.0 Å². The number of esters is 1. The Morgan fingerprint density at radius 2 is 2.38 bits per heavy atom. The van der Waals surface area contributed by atoms with Crippen molar-refractivity contribution in [2.24, 2.45) is 5.92 Å². The molecule has 0 radical (unpaired) electrons. The molecule has 0 aromatic carbocycles. The number of halogens is 1. The fraction of sp³-hybridized carbons (Fsp3) is 0.889. The maximum atomic E-state index is 13.3. The molecule has 76 valence electrons. The molecular formula is C9H16FNO2. The highest BCUT2D eigenvalue weighted by Crippen LogP contribution is 2.22. The van der Waals surface area contributed by atoms with Gasteiger partial charge in [0.1, 0.15) is 6.17 Å². The molecule has 0 unspecified atom stereocenters. The molecule has 0 aliphatic carbocycles. The van der Waals surface area contributed by atoms with E-state index >= 15 is 0 Å². The van der Waals surface area contributed by atoms with Crippen molar-refractivity contribution in [2.45, 2.75) is 19.0 Å². The summed E-state index contributed by atoms with van der Waals surface area (Å²) in [7, 11) is 3.23. The lowest BCUT2D eigenvalue weighted by molar-refractivity contribution is -0.142. The van der Waals surface area contributed by atoms with Gasteiger partial charge < -0.3 is 9.64 Å². The summed E-state index contributed by atoms with van der Waals surface area (Å²) in [4.78, 5) is 12.8. The Bertz CT molecular complexity index is 186. The smallest absolute Gasteiger partial charge is 0.305 e. The molecule has 0 bridgehead atoms. The normalized spacial score (nSPS) is 30.1. The van der Waals surface area contributed by atoms with Gasteiger partial charge in [-0.25, -0.2) is 4.39 Å². The monoisotopic (exact) mass is 189 g/mol. The lowest BCUT2D eigenvalue weighted by Gasteiger charge is -2.31. The van der Waals surface area contributed by atoms with Crippen LogP contribution in [0.5, 0.6) is 0 Å². The van der Waals surface area contributed by atoms with Crippen molar-refractivity contribution < 1.29 is 13.9 Å². The van der Waals surface area contributed by atoms with Crippen LogP contribution in [-0.4, -0.2) is 44.3 Å². The number of methoxy groups -OCH3 is 1. The third-order valence-corrected chi connectivity index (χ3v) is 2.54. The van der Waals surface area contributed by atoms with E-state index in [1.165, 1.54) is 7.11 Å². The zero-order chi connectivity index (χ0) is 9.84. The number of carbonyl (C=O) groups is 1. The minimum atomic E-state index is -0.891. The number of hydrogen-bond donors (Lipinski definition) is 0. The highest BCUT2D eigenvalue weighted by molar-refractivity contribution is 5.69. The van der Waals surface area contributed by atoms with E-state index in [2.05, 4.69) is 4.74 Å². The van der Waals surface area contributed by atoms with E-state index in [1.54, 1.807) is 0 Å². The number of rotatable bonds is 2. The van der Waals surface area contributed by atoms with E-state index in [9.17, 15) is 9.18 Å². The Kier molecular flexibility index (Phi) is 3.66. The summed E-state index contributed by atoms with van der Waals surface area (Å²) >= 11 is 0. The second kappa shape index (κ2) is 4.56. The van der Waals surface area contributed by atoms with Crippen LogP contribution in [0.4, 0.5) is 4.39 Å². The van der Waals surface area contributed by atoms with Gasteiger partial charge in [-0.05, 0) is 20.0 Å². The summed E-state index contributed by atoms with van der Waals surface area (Å²) in [6, 6.07) is 0. The standard InChI is InChI=1S/C9H16FNO2/c1-11-4-3-7(8(10)6-11)5-9(12)13-2/h7-8H,3-6H2,1-2H3/t7-,8+/m0/s1. The number of hydrogen-bond acceptors (Lipinski definition) is 3. The molecule has 1 aliphatic heterocycles. The van der Waals surface area contributed by atoms with Crippen LogP contribution in [0.15, 0.2) is 0 Å². The third kappa shape index (κ3) is 2.95. The minimum absolute atomic E-state index is 0.149. The molecule has 0 N–H and O–H groups in total. The lowest BCUT2D eigenvalue weighted by Crippen LogP contribution is -2.40. The van der Waals surface area contributed by atoms with Gasteiger partial charge in [0, 0.05) is 12.5 Å². The van der Waals surface area contributed by atoms with Crippen molar-refractivity contribution in [3.8, 4) is 0 Å². The molecule has 1 saturated heterocycles. The Hall–Kier alpha value is -0.640. The lowest BCUT2D eigenvalue weighted by atomic mass is 9.92. The Morgan fingerprint density at radius 1 is 1.69 bits per heavy atom. The quantitative estimate of drug-likeness (QED) is 0.603. The van der Waals surface area contributed by atoms with E-state index in [4.69, 9.17) is 0 Å². The molecular weight excluding hydrogens is 173 g/mol. The van der Waals surface area contributed by atoms with Gasteiger partial charge >= 0.3 is 5.97 Å². The van der Waals surface area contributed by atoms with Crippen LogP contribution in [0.3, 0.4) is 0 Å². The largest absolute Gasteiger partial charge is 0.469 e. The van der Waals surface area contributed by atoms with Crippen LogP contribution in [-0.2, 0) is 9.53 Å². The first-order valence-corrected chi connectivity index (χ1v) is 4.53. The summed E-state index contributed by atoms with van der Waals surface area (Å²) in [6.45, 7) is 1.30. The van der Waals surface area contributed by atoms with E-state index in [-0.39, 0.29) is 18.3 Å². The first-order valence-electron chi connectivity index (χ1n) is 4.53. The van der Waals surface area contributed by atoms with Crippen molar-refractivity contribution in [3.05, 3.63) is 0 Å². The molecule has 3 nitrogen and oxygen atoms in total. The average molecular weight is 189 g/mol. The van der Waals surface area contributed by atoms with Gasteiger partial charge in [0.2, 0.25) is 0 Å². The second-order valence-electron chi connectivity index (χ2n) is 3.61. The molecule has 1 rings (SSSR count). The molecule has 0 aromatic rings. The molecule has 1 fully saturated rings. The van der Waals surface area contributed by atoms with Gasteiger partial charge in [-0.1, -0.05) is 0 Å². The molecule has 13 heavy (non-hydrogen) atoms. The predicted molar refractivity (Wildman–Crippen MR) is 47.1 cm³/mol. The van der Waals surface area contributed by atoms with Crippen LogP contribution in [0.1, 0.15) is 12.8 Å². The average Bonchev–Trinajstić information content (AvgIpc) is 2.09. The van der Waals surface area contributed by atoms with Gasteiger partial charge in [0.25, 0.3) is 0 Å². The molecule has 0 spiro atoms. The summed E-state index contributed by atoms with van der Waals surface area (Å²) in [5.74, 6) is -0.458. The maximum Gasteiger partial charge on any atom is 0.305 e. The van der Waals surface area contributed by atoms with Gasteiger partial charge in [-0.15, -0.1) is 0 Å². The van der Waals surface area contributed by atoms with Gasteiger partial charge in [0.15, 0.2) is 0 Å². The number of alkyl halides is 1. The first kappa shape index (κ1) is 10.4. The molecule has 0 saturated carbocycles. The van der Waals surface area contributed by atoms with E-state index < -0.39 is 6.17 Å². The first-order chi connectivity index (χ1) is 6.13. The minimum Gasteiger partial charge on any atom is -0.469 e. The van der Waals surface area contributed by atoms with Gasteiger partial charge in [-0.2, -0.15) is 0 Å². The van der Waals surface area contributed by atoms with Crippen LogP contribution in [0.25, 0.3) is 0 Å². The Labute approximate surface area is 77.9 Å². The van der Waals surface area contributed by atoms with Crippen molar-refractivity contribution in [1.82, 2.24) is 4.90 Å². The molecule has 2 atom stereocenters. The molecule has 4 heteroatoms. The van der Waals surface area contributed by atoms with Gasteiger partial charge in [-0.3, -0.25) is 4.79 Å². The summed E-state index contributed by atoms with van der Waals surface area (Å²) < 4.78 is 17.9. The fourth-order valence-corrected chi connectivity index (χ4v) is 1.63. The number of likely N-dealkylation sites (tertiary alicyclic amines) is 1. The SMILES string of the molecule is COC(=O)C[C@@H]1CCN(C)C[C@H]1F. The van der Waals surface area contributed by atoms with Crippen molar-refractivity contribution in [1.29, 1.82) is 0 Å². The topological polar surface area (TPSA) is 29.5 Å². The number of ether oxygens (including phenoxy) is 1. The Morgan fingerprint density at radius 3 is 2.92 bits per heavy atom. The fourth-order valence-electron chi connectivity index (χ4n) is 1.63. The maximum absolute atomic E-state index is 13.3. The molecule has 1 heterocycles. The Balaban J connectivity index is 2.38. The highest BCUT2D eigenvalue weighted by atomic mass is 19.1. The zero-order valence-electron chi connectivity index (χ0n) is 8.12. The van der Waals surface area contributed by atoms with E-state index in [0.29, 0.717) is 6.54 Å². The predicted octanol–water partition coefficient (Wildman–Crippen LogP) is 0.839. The zero-order valence-corrected chi connectivity index (χ0v) is 8.12. The van der Waals surface area contributed by atoms with Crippen molar-refractivity contribution in [2.75, 3.05) is 27.2 Å². The second-order valence-corrected chi connectivity index (χ2v) is 3.61.